The Balaban J connectivity index is 1.50. The van der Waals surface area contributed by atoms with Gasteiger partial charge in [0.25, 0.3) is 11.8 Å². The number of carbonyl (C=O) groups excluding carboxylic acids is 1. The highest BCUT2D eigenvalue weighted by molar-refractivity contribution is 7.91. The molecule has 232 valence electrons. The molecule has 12 heteroatoms. The van der Waals surface area contributed by atoms with Gasteiger partial charge in [-0.05, 0) is 72.5 Å². The van der Waals surface area contributed by atoms with Gasteiger partial charge in [-0.3, -0.25) is 4.79 Å². The highest BCUT2D eigenvalue weighted by Gasteiger charge is 2.42. The summed E-state index contributed by atoms with van der Waals surface area (Å²) in [6.45, 7) is 2.07. The van der Waals surface area contributed by atoms with Crippen LogP contribution in [0, 0.1) is 0 Å². The van der Waals surface area contributed by atoms with Crippen LogP contribution in [-0.4, -0.2) is 50.3 Å². The quantitative estimate of drug-likeness (QED) is 0.270. The number of rotatable bonds is 9. The molecule has 1 aliphatic heterocycles. The number of halogens is 5. The van der Waals surface area contributed by atoms with E-state index in [1.165, 1.54) is 60.4 Å². The summed E-state index contributed by atoms with van der Waals surface area (Å²) in [5, 5.41) is 12.6. The Hall–Kier alpha value is -3.51. The Bertz CT molecular complexity index is 1500. The molecule has 2 N–H and O–H groups in total. The summed E-state index contributed by atoms with van der Waals surface area (Å²) in [6.07, 6.45) is -3.97. The van der Waals surface area contributed by atoms with Gasteiger partial charge in [-0.15, -0.1) is 0 Å². The second-order valence-electron chi connectivity index (χ2n) is 10.7. The number of benzene rings is 3. The summed E-state index contributed by atoms with van der Waals surface area (Å²) in [6, 6.07) is 14.7. The van der Waals surface area contributed by atoms with E-state index in [1.807, 2.05) is 0 Å². The largest absolute Gasteiger partial charge is 0.416 e. The third kappa shape index (κ3) is 7.53. The highest BCUT2D eigenvalue weighted by atomic mass is 32.2. The molecule has 0 radical (unpaired) electrons. The van der Waals surface area contributed by atoms with Gasteiger partial charge in [0.05, 0.1) is 34.9 Å². The number of alkyl halides is 5. The van der Waals surface area contributed by atoms with Crippen molar-refractivity contribution in [2.45, 2.75) is 61.7 Å². The zero-order valence-electron chi connectivity index (χ0n) is 23.6. The van der Waals surface area contributed by atoms with Gasteiger partial charge in [-0.1, -0.05) is 31.2 Å². The van der Waals surface area contributed by atoms with E-state index in [0.717, 1.165) is 19.1 Å². The van der Waals surface area contributed by atoms with E-state index < -0.39 is 52.1 Å². The topological polar surface area (TPSA) is 86.7 Å². The first-order valence-electron chi connectivity index (χ1n) is 13.8. The smallest absolute Gasteiger partial charge is 0.394 e. The minimum Gasteiger partial charge on any atom is -0.394 e. The molecule has 0 saturated carbocycles. The number of carbonyl (C=O) groups is 1. The average Bonchev–Trinajstić information content (AvgIpc) is 2.98. The summed E-state index contributed by atoms with van der Waals surface area (Å²) < 4.78 is 92.4. The summed E-state index contributed by atoms with van der Waals surface area (Å²) in [4.78, 5) is 14.6. The number of sulfone groups is 1. The molecule has 0 aromatic heterocycles. The lowest BCUT2D eigenvalue weighted by Crippen LogP contribution is -2.51. The van der Waals surface area contributed by atoms with Crippen LogP contribution in [0.3, 0.4) is 0 Å². The molecule has 3 aromatic carbocycles. The Labute approximate surface area is 247 Å². The molecule has 1 aliphatic rings. The molecule has 3 atom stereocenters. The Morgan fingerprint density at radius 3 is 2.07 bits per heavy atom. The number of nitrogens with one attached hydrogen (secondary N) is 1. The fourth-order valence-electron chi connectivity index (χ4n) is 5.35. The lowest BCUT2D eigenvalue weighted by atomic mass is 9.85. The van der Waals surface area contributed by atoms with Gasteiger partial charge in [0, 0.05) is 30.6 Å². The number of hydrogen-bond acceptors (Lipinski definition) is 5. The Kier molecular flexibility index (Phi) is 9.51. The van der Waals surface area contributed by atoms with E-state index in [-0.39, 0.29) is 35.1 Å². The second-order valence-corrected chi connectivity index (χ2v) is 13.0. The van der Waals surface area contributed by atoms with Crippen molar-refractivity contribution in [3.05, 3.63) is 95.1 Å². The SMILES string of the molecule is CCS(=O)(=O)c1ccc([C@H](CO)NC(=O)c2ccc(N3CC(c4ccc(C(F)(F)F)cc4)CC[C@H]3C(C)(F)F)cc2)cc1. The molecule has 0 aliphatic carbocycles. The lowest BCUT2D eigenvalue weighted by Gasteiger charge is -2.44. The zero-order chi connectivity index (χ0) is 31.6. The fraction of sp³-hybridized carbons (Fsp3) is 0.387. The minimum atomic E-state index is -4.47. The fourth-order valence-corrected chi connectivity index (χ4v) is 6.24. The average molecular weight is 625 g/mol. The van der Waals surface area contributed by atoms with Gasteiger partial charge in [-0.2, -0.15) is 13.2 Å². The standard InChI is InChI=1S/C31H33F5N2O4S/c1-3-43(41,42)26-15-8-21(9-16-26)27(19-39)37-29(40)22-6-13-25(14-7-22)38-18-23(10-17-28(38)30(2,32)33)20-4-11-24(12-5-20)31(34,35)36/h4-9,11-16,23,27-28,39H,3,10,17-19H2,1-2H3,(H,37,40)/t23?,27-,28-/m0/s1. The molecule has 43 heavy (non-hydrogen) atoms. The molecule has 1 unspecified atom stereocenters. The van der Waals surface area contributed by atoms with Gasteiger partial charge < -0.3 is 15.3 Å². The summed E-state index contributed by atoms with van der Waals surface area (Å²) in [5.74, 6) is -3.92. The molecule has 1 heterocycles. The molecule has 0 spiro atoms. The van der Waals surface area contributed by atoms with Crippen molar-refractivity contribution >= 4 is 21.4 Å². The third-order valence-electron chi connectivity index (χ3n) is 7.85. The number of anilines is 1. The van der Waals surface area contributed by atoms with Crippen molar-refractivity contribution < 1.29 is 40.3 Å². The number of aliphatic hydroxyl groups is 1. The van der Waals surface area contributed by atoms with Gasteiger partial charge >= 0.3 is 6.18 Å². The lowest BCUT2D eigenvalue weighted by molar-refractivity contribution is -0.137. The van der Waals surface area contributed by atoms with Crippen LogP contribution in [0.1, 0.15) is 65.7 Å². The molecule has 1 fully saturated rings. The summed E-state index contributed by atoms with van der Waals surface area (Å²) in [5.41, 5.74) is 0.996. The van der Waals surface area contributed by atoms with Crippen molar-refractivity contribution in [1.29, 1.82) is 0 Å². The van der Waals surface area contributed by atoms with E-state index in [4.69, 9.17) is 0 Å². The summed E-state index contributed by atoms with van der Waals surface area (Å²) in [7, 11) is -3.41. The van der Waals surface area contributed by atoms with Crippen LogP contribution >= 0.6 is 0 Å². The van der Waals surface area contributed by atoms with Crippen LogP contribution in [0.25, 0.3) is 0 Å². The molecule has 4 rings (SSSR count). The number of nitrogens with zero attached hydrogens (tertiary/aromatic N) is 1. The maximum Gasteiger partial charge on any atom is 0.416 e. The molecular weight excluding hydrogens is 591 g/mol. The molecule has 6 nitrogen and oxygen atoms in total. The zero-order valence-corrected chi connectivity index (χ0v) is 24.4. The molecule has 1 amide bonds. The first-order chi connectivity index (χ1) is 20.1. The van der Waals surface area contributed by atoms with Gasteiger partial charge in [-0.25, -0.2) is 17.2 Å². The third-order valence-corrected chi connectivity index (χ3v) is 9.60. The van der Waals surface area contributed by atoms with Crippen LogP contribution in [0.5, 0.6) is 0 Å². The van der Waals surface area contributed by atoms with Crippen LogP contribution in [0.2, 0.25) is 0 Å². The molecule has 1 saturated heterocycles. The highest BCUT2D eigenvalue weighted by Crippen LogP contribution is 2.40. The van der Waals surface area contributed by atoms with E-state index in [2.05, 4.69) is 5.32 Å². The molecular formula is C31H33F5N2O4S. The predicted molar refractivity (Wildman–Crippen MR) is 153 cm³/mol. The van der Waals surface area contributed by atoms with Crippen molar-refractivity contribution in [2.75, 3.05) is 23.8 Å². The van der Waals surface area contributed by atoms with Crippen LogP contribution in [0.15, 0.2) is 77.7 Å². The number of amides is 1. The van der Waals surface area contributed by atoms with Crippen LogP contribution in [-0.2, 0) is 16.0 Å². The summed E-state index contributed by atoms with van der Waals surface area (Å²) >= 11 is 0. The van der Waals surface area contributed by atoms with E-state index >= 15 is 0 Å². The van der Waals surface area contributed by atoms with Gasteiger partial charge in [0.15, 0.2) is 9.84 Å². The number of piperidine rings is 1. The van der Waals surface area contributed by atoms with E-state index in [1.54, 1.807) is 12.1 Å². The number of aliphatic hydroxyl groups excluding tert-OH is 1. The van der Waals surface area contributed by atoms with Crippen molar-refractivity contribution in [3.63, 3.8) is 0 Å². The maximum absolute atomic E-state index is 14.6. The normalized spacial score (nSPS) is 18.7. The minimum absolute atomic E-state index is 0.0632. The first kappa shape index (κ1) is 32.4. The maximum atomic E-state index is 14.6. The van der Waals surface area contributed by atoms with Crippen molar-refractivity contribution in [3.8, 4) is 0 Å². The van der Waals surface area contributed by atoms with Crippen molar-refractivity contribution in [2.24, 2.45) is 0 Å². The molecule has 0 bridgehead atoms. The second kappa shape index (κ2) is 12.6. The first-order valence-corrected chi connectivity index (χ1v) is 15.5. The van der Waals surface area contributed by atoms with E-state index in [0.29, 0.717) is 23.2 Å². The number of hydrogen-bond donors (Lipinski definition) is 2. The van der Waals surface area contributed by atoms with Crippen LogP contribution in [0.4, 0.5) is 27.6 Å². The van der Waals surface area contributed by atoms with Gasteiger partial charge in [0.1, 0.15) is 0 Å². The monoisotopic (exact) mass is 624 g/mol. The van der Waals surface area contributed by atoms with Crippen molar-refractivity contribution in [1.82, 2.24) is 5.32 Å². The Morgan fingerprint density at radius 1 is 0.953 bits per heavy atom. The van der Waals surface area contributed by atoms with E-state index in [9.17, 15) is 40.3 Å². The molecule has 3 aromatic rings. The van der Waals surface area contributed by atoms with Crippen LogP contribution < -0.4 is 10.2 Å². The Morgan fingerprint density at radius 2 is 1.56 bits per heavy atom. The predicted octanol–water partition coefficient (Wildman–Crippen LogP) is 6.37. The van der Waals surface area contributed by atoms with Gasteiger partial charge in [0.2, 0.25) is 0 Å².